The Morgan fingerprint density at radius 3 is 2.54 bits per heavy atom. The fraction of sp³-hybridized carbons (Fsp3) is 0.667. The van der Waals surface area contributed by atoms with E-state index in [0.29, 0.717) is 13.0 Å². The van der Waals surface area contributed by atoms with Gasteiger partial charge in [-0.2, -0.15) is 0 Å². The first-order valence-electron chi connectivity index (χ1n) is 8.87. The average Bonchev–Trinajstić information content (AvgIpc) is 3.05. The SMILES string of the molecule is CCOC(=O)CCCCCCNC(=NC)NCc1ccc(CC)s1. The van der Waals surface area contributed by atoms with Crippen LogP contribution >= 0.6 is 11.3 Å². The summed E-state index contributed by atoms with van der Waals surface area (Å²) in [4.78, 5) is 18.2. The van der Waals surface area contributed by atoms with Gasteiger partial charge >= 0.3 is 5.97 Å². The molecule has 1 heterocycles. The van der Waals surface area contributed by atoms with E-state index in [4.69, 9.17) is 4.74 Å². The van der Waals surface area contributed by atoms with E-state index in [2.05, 4.69) is 34.7 Å². The lowest BCUT2D eigenvalue weighted by atomic mass is 10.1. The predicted molar refractivity (Wildman–Crippen MR) is 102 cm³/mol. The molecule has 0 saturated heterocycles. The van der Waals surface area contributed by atoms with Crippen molar-refractivity contribution < 1.29 is 9.53 Å². The van der Waals surface area contributed by atoms with Gasteiger partial charge in [-0.1, -0.05) is 19.8 Å². The third-order valence-corrected chi connectivity index (χ3v) is 4.85. The summed E-state index contributed by atoms with van der Waals surface area (Å²) in [6.45, 7) is 6.19. The van der Waals surface area contributed by atoms with Gasteiger partial charge in [0.1, 0.15) is 0 Å². The largest absolute Gasteiger partial charge is 0.466 e. The zero-order valence-electron chi connectivity index (χ0n) is 15.2. The summed E-state index contributed by atoms with van der Waals surface area (Å²) in [5.41, 5.74) is 0. The third kappa shape index (κ3) is 8.91. The van der Waals surface area contributed by atoms with Crippen LogP contribution in [0.3, 0.4) is 0 Å². The monoisotopic (exact) mass is 353 g/mol. The van der Waals surface area contributed by atoms with Gasteiger partial charge in [-0.3, -0.25) is 9.79 Å². The minimum Gasteiger partial charge on any atom is -0.466 e. The second kappa shape index (κ2) is 12.8. The van der Waals surface area contributed by atoms with E-state index >= 15 is 0 Å². The van der Waals surface area contributed by atoms with Crippen molar-refractivity contribution in [2.45, 2.75) is 58.9 Å². The van der Waals surface area contributed by atoms with Gasteiger partial charge in [0.2, 0.25) is 0 Å². The molecule has 0 radical (unpaired) electrons. The van der Waals surface area contributed by atoms with Crippen LogP contribution in [0, 0.1) is 0 Å². The van der Waals surface area contributed by atoms with E-state index in [1.54, 1.807) is 7.05 Å². The quantitative estimate of drug-likeness (QED) is 0.277. The number of carbonyl (C=O) groups excluding carboxylic acids is 1. The lowest BCUT2D eigenvalue weighted by molar-refractivity contribution is -0.143. The molecular formula is C18H31N3O2S. The maximum Gasteiger partial charge on any atom is 0.305 e. The lowest BCUT2D eigenvalue weighted by Crippen LogP contribution is -2.37. The number of guanidine groups is 1. The summed E-state index contributed by atoms with van der Waals surface area (Å²) in [6.07, 6.45) is 5.76. The number of rotatable bonds is 11. The van der Waals surface area contributed by atoms with Crippen LogP contribution in [0.5, 0.6) is 0 Å². The highest BCUT2D eigenvalue weighted by molar-refractivity contribution is 7.11. The maximum atomic E-state index is 11.2. The molecule has 5 nitrogen and oxygen atoms in total. The van der Waals surface area contributed by atoms with Gasteiger partial charge in [0, 0.05) is 29.8 Å². The van der Waals surface area contributed by atoms with E-state index in [0.717, 1.165) is 51.2 Å². The Balaban J connectivity index is 2.06. The number of hydrogen-bond acceptors (Lipinski definition) is 4. The Labute approximate surface area is 149 Å². The number of hydrogen-bond donors (Lipinski definition) is 2. The van der Waals surface area contributed by atoms with Crippen molar-refractivity contribution in [1.82, 2.24) is 10.6 Å². The molecule has 24 heavy (non-hydrogen) atoms. The van der Waals surface area contributed by atoms with E-state index in [-0.39, 0.29) is 5.97 Å². The molecule has 6 heteroatoms. The molecule has 2 N–H and O–H groups in total. The minimum atomic E-state index is -0.0833. The fourth-order valence-corrected chi connectivity index (χ4v) is 3.18. The number of esters is 1. The van der Waals surface area contributed by atoms with Gasteiger partial charge in [0.05, 0.1) is 13.2 Å². The van der Waals surface area contributed by atoms with Crippen LogP contribution in [0.15, 0.2) is 17.1 Å². The number of aryl methyl sites for hydroxylation is 1. The molecule has 0 unspecified atom stereocenters. The Morgan fingerprint density at radius 2 is 1.88 bits per heavy atom. The van der Waals surface area contributed by atoms with Crippen LogP contribution in [-0.4, -0.2) is 32.1 Å². The van der Waals surface area contributed by atoms with Gasteiger partial charge in [-0.25, -0.2) is 0 Å². The van der Waals surface area contributed by atoms with Crippen molar-refractivity contribution in [3.63, 3.8) is 0 Å². The fourth-order valence-electron chi connectivity index (χ4n) is 2.29. The number of nitrogens with zero attached hydrogens (tertiary/aromatic N) is 1. The second-order valence-corrected chi connectivity index (χ2v) is 6.80. The van der Waals surface area contributed by atoms with Crippen molar-refractivity contribution >= 4 is 23.3 Å². The van der Waals surface area contributed by atoms with Gasteiger partial charge in [0.25, 0.3) is 0 Å². The Morgan fingerprint density at radius 1 is 1.12 bits per heavy atom. The Kier molecular flexibility index (Phi) is 10.9. The van der Waals surface area contributed by atoms with E-state index in [9.17, 15) is 4.79 Å². The van der Waals surface area contributed by atoms with Crippen molar-refractivity contribution in [3.05, 3.63) is 21.9 Å². The summed E-state index contributed by atoms with van der Waals surface area (Å²) in [7, 11) is 1.79. The van der Waals surface area contributed by atoms with Crippen LogP contribution in [0.1, 0.15) is 55.7 Å². The number of thiophene rings is 1. The van der Waals surface area contributed by atoms with Crippen molar-refractivity contribution in [2.75, 3.05) is 20.2 Å². The van der Waals surface area contributed by atoms with E-state index in [1.807, 2.05) is 18.3 Å². The summed E-state index contributed by atoms with van der Waals surface area (Å²) in [5, 5.41) is 6.67. The highest BCUT2D eigenvalue weighted by Gasteiger charge is 2.02. The average molecular weight is 354 g/mol. The first kappa shape index (κ1) is 20.5. The molecular weight excluding hydrogens is 322 g/mol. The van der Waals surface area contributed by atoms with Crippen molar-refractivity contribution in [1.29, 1.82) is 0 Å². The minimum absolute atomic E-state index is 0.0833. The normalized spacial score (nSPS) is 11.4. The highest BCUT2D eigenvalue weighted by atomic mass is 32.1. The van der Waals surface area contributed by atoms with Gasteiger partial charge in [-0.05, 0) is 38.3 Å². The lowest BCUT2D eigenvalue weighted by Gasteiger charge is -2.11. The summed E-state index contributed by atoms with van der Waals surface area (Å²) >= 11 is 1.85. The Bertz CT molecular complexity index is 500. The number of ether oxygens (including phenoxy) is 1. The van der Waals surface area contributed by atoms with Crippen molar-refractivity contribution in [2.24, 2.45) is 4.99 Å². The third-order valence-electron chi connectivity index (χ3n) is 3.62. The topological polar surface area (TPSA) is 62.7 Å². The first-order valence-corrected chi connectivity index (χ1v) is 9.69. The molecule has 0 amide bonds. The zero-order valence-corrected chi connectivity index (χ0v) is 16.0. The van der Waals surface area contributed by atoms with Crippen LogP contribution in [0.25, 0.3) is 0 Å². The molecule has 0 aromatic carbocycles. The van der Waals surface area contributed by atoms with Gasteiger partial charge in [0.15, 0.2) is 5.96 Å². The number of nitrogens with one attached hydrogen (secondary N) is 2. The number of unbranched alkanes of at least 4 members (excludes halogenated alkanes) is 3. The maximum absolute atomic E-state index is 11.2. The van der Waals surface area contributed by atoms with Gasteiger partial charge in [-0.15, -0.1) is 11.3 Å². The second-order valence-electron chi connectivity index (χ2n) is 5.54. The van der Waals surface area contributed by atoms with Crippen LogP contribution in [0.2, 0.25) is 0 Å². The Hall–Kier alpha value is -1.56. The number of aliphatic imine (C=N–C) groups is 1. The molecule has 1 rings (SSSR count). The van der Waals surface area contributed by atoms with E-state index in [1.165, 1.54) is 9.75 Å². The predicted octanol–water partition coefficient (Wildman–Crippen LogP) is 3.49. The summed E-state index contributed by atoms with van der Waals surface area (Å²) < 4.78 is 4.91. The van der Waals surface area contributed by atoms with Gasteiger partial charge < -0.3 is 15.4 Å². The summed E-state index contributed by atoms with van der Waals surface area (Å²) in [6, 6.07) is 4.36. The molecule has 0 spiro atoms. The van der Waals surface area contributed by atoms with Crippen molar-refractivity contribution in [3.8, 4) is 0 Å². The van der Waals surface area contributed by atoms with E-state index < -0.39 is 0 Å². The number of carbonyl (C=O) groups is 1. The summed E-state index contributed by atoms with van der Waals surface area (Å²) in [5.74, 6) is 0.757. The molecule has 0 aliphatic heterocycles. The molecule has 0 aliphatic rings. The molecule has 0 saturated carbocycles. The molecule has 0 bridgehead atoms. The molecule has 0 aliphatic carbocycles. The van der Waals surface area contributed by atoms with Crippen LogP contribution in [-0.2, 0) is 22.5 Å². The molecule has 136 valence electrons. The van der Waals surface area contributed by atoms with Crippen LogP contribution in [0.4, 0.5) is 0 Å². The first-order chi connectivity index (χ1) is 11.7. The molecule has 0 atom stereocenters. The van der Waals surface area contributed by atoms with Crippen LogP contribution < -0.4 is 10.6 Å². The smallest absolute Gasteiger partial charge is 0.305 e. The molecule has 0 fully saturated rings. The standard InChI is InChI=1S/C18H31N3O2S/c1-4-15-11-12-16(24-15)14-21-18(19-3)20-13-9-7-6-8-10-17(22)23-5-2/h11-12H,4-10,13-14H2,1-3H3,(H2,19,20,21). The molecule has 1 aromatic rings. The zero-order chi connectivity index (χ0) is 17.6. The highest BCUT2D eigenvalue weighted by Crippen LogP contribution is 2.16. The molecule has 1 aromatic heterocycles.